The lowest BCUT2D eigenvalue weighted by Gasteiger charge is -2.35. The second-order valence-electron chi connectivity index (χ2n) is 4.83. The Morgan fingerprint density at radius 1 is 1.13 bits per heavy atom. The van der Waals surface area contributed by atoms with E-state index in [1.807, 2.05) is 0 Å². The van der Waals surface area contributed by atoms with Crippen molar-refractivity contribution in [2.75, 3.05) is 13.2 Å². The molecule has 0 saturated carbocycles. The molecule has 15 heavy (non-hydrogen) atoms. The quantitative estimate of drug-likeness (QED) is 0.601. The van der Waals surface area contributed by atoms with E-state index >= 15 is 0 Å². The first-order valence-corrected chi connectivity index (χ1v) is 5.74. The maximum Gasteiger partial charge on any atom is 0.110 e. The molecule has 1 aliphatic carbocycles. The van der Waals surface area contributed by atoms with E-state index < -0.39 is 0 Å². The summed E-state index contributed by atoms with van der Waals surface area (Å²) in [6.07, 6.45) is 3.12. The van der Waals surface area contributed by atoms with Gasteiger partial charge in [0.05, 0.1) is 6.10 Å². The molecule has 2 unspecified atom stereocenters. The molecule has 0 aromatic heterocycles. The predicted octanol–water partition coefficient (Wildman–Crippen LogP) is 2.19. The zero-order valence-corrected chi connectivity index (χ0v) is 8.61. The molecule has 1 aromatic rings. The summed E-state index contributed by atoms with van der Waals surface area (Å²) in [5.74, 6) is 0. The van der Waals surface area contributed by atoms with Crippen LogP contribution in [0.5, 0.6) is 0 Å². The predicted molar refractivity (Wildman–Crippen MR) is 55.8 cm³/mol. The van der Waals surface area contributed by atoms with Crippen LogP contribution < -0.4 is 0 Å². The van der Waals surface area contributed by atoms with E-state index in [1.165, 1.54) is 11.1 Å². The maximum absolute atomic E-state index is 5.82. The van der Waals surface area contributed by atoms with Gasteiger partial charge >= 0.3 is 0 Å². The third kappa shape index (κ3) is 0.918. The maximum atomic E-state index is 5.82. The van der Waals surface area contributed by atoms with Gasteiger partial charge in [0.15, 0.2) is 0 Å². The highest BCUT2D eigenvalue weighted by Gasteiger charge is 2.62. The summed E-state index contributed by atoms with van der Waals surface area (Å²) in [6.45, 7) is 1.78. The van der Waals surface area contributed by atoms with E-state index in [4.69, 9.17) is 9.47 Å². The van der Waals surface area contributed by atoms with Crippen molar-refractivity contribution in [3.05, 3.63) is 35.4 Å². The van der Waals surface area contributed by atoms with Gasteiger partial charge in [0.2, 0.25) is 0 Å². The molecule has 2 aliphatic heterocycles. The first kappa shape index (κ1) is 8.31. The van der Waals surface area contributed by atoms with Gasteiger partial charge in [0.1, 0.15) is 6.10 Å². The Labute approximate surface area is 89.2 Å². The van der Waals surface area contributed by atoms with Crippen LogP contribution in [-0.2, 0) is 14.9 Å². The molecule has 2 heterocycles. The lowest BCUT2D eigenvalue weighted by atomic mass is 9.74. The highest BCUT2D eigenvalue weighted by atomic mass is 16.6. The average Bonchev–Trinajstić information content (AvgIpc) is 3.06. The zero-order chi connectivity index (χ0) is 9.88. The summed E-state index contributed by atoms with van der Waals surface area (Å²) in [5.41, 5.74) is 3.26. The van der Waals surface area contributed by atoms with E-state index in [0.29, 0.717) is 17.6 Å². The summed E-state index contributed by atoms with van der Waals surface area (Å²) in [5, 5.41) is 0. The summed E-state index contributed by atoms with van der Waals surface area (Å²) >= 11 is 0. The van der Waals surface area contributed by atoms with Gasteiger partial charge in [-0.15, -0.1) is 0 Å². The number of rotatable bonds is 0. The molecule has 2 atom stereocenters. The van der Waals surface area contributed by atoms with Crippen molar-refractivity contribution in [3.63, 3.8) is 0 Å². The lowest BCUT2D eigenvalue weighted by Crippen LogP contribution is -2.37. The number of fused-ring (bicyclic) bond motifs is 5. The Kier molecular flexibility index (Phi) is 1.46. The van der Waals surface area contributed by atoms with Crippen molar-refractivity contribution in [3.8, 4) is 0 Å². The molecule has 2 heteroatoms. The first-order chi connectivity index (χ1) is 7.42. The van der Waals surface area contributed by atoms with Crippen molar-refractivity contribution in [2.45, 2.75) is 30.5 Å². The van der Waals surface area contributed by atoms with Crippen LogP contribution in [0.1, 0.15) is 30.1 Å². The smallest absolute Gasteiger partial charge is 0.110 e. The van der Waals surface area contributed by atoms with Crippen molar-refractivity contribution in [1.29, 1.82) is 0 Å². The molecule has 3 aliphatic rings. The summed E-state index contributed by atoms with van der Waals surface area (Å²) in [6, 6.07) is 8.79. The molecule has 1 spiro atoms. The number of benzene rings is 1. The van der Waals surface area contributed by atoms with Gasteiger partial charge in [0, 0.05) is 18.6 Å². The summed E-state index contributed by atoms with van der Waals surface area (Å²) < 4.78 is 11.3. The number of hydrogen-bond acceptors (Lipinski definition) is 2. The molecule has 0 amide bonds. The highest BCUT2D eigenvalue weighted by Crippen LogP contribution is 2.62. The topological polar surface area (TPSA) is 21.8 Å². The second-order valence-corrected chi connectivity index (χ2v) is 4.83. The van der Waals surface area contributed by atoms with Crippen molar-refractivity contribution in [2.24, 2.45) is 0 Å². The monoisotopic (exact) mass is 202 g/mol. The fourth-order valence-electron chi connectivity index (χ4n) is 3.41. The van der Waals surface area contributed by atoms with Crippen LogP contribution in [0.3, 0.4) is 0 Å². The van der Waals surface area contributed by atoms with E-state index in [1.54, 1.807) is 0 Å². The van der Waals surface area contributed by atoms with Crippen LogP contribution in [0.15, 0.2) is 24.3 Å². The minimum absolute atomic E-state index is 0.291. The molecule has 0 radical (unpaired) electrons. The van der Waals surface area contributed by atoms with Crippen LogP contribution in [0.4, 0.5) is 0 Å². The van der Waals surface area contributed by atoms with E-state index in [9.17, 15) is 0 Å². The molecule has 2 fully saturated rings. The van der Waals surface area contributed by atoms with E-state index in [2.05, 4.69) is 24.3 Å². The molecular weight excluding hydrogens is 188 g/mol. The third-order valence-corrected chi connectivity index (χ3v) is 4.22. The van der Waals surface area contributed by atoms with Gasteiger partial charge in [0.25, 0.3) is 0 Å². The van der Waals surface area contributed by atoms with Crippen LogP contribution in [0.2, 0.25) is 0 Å². The number of epoxide rings is 1. The van der Waals surface area contributed by atoms with E-state index in [-0.39, 0.29) is 0 Å². The Morgan fingerprint density at radius 2 is 1.93 bits per heavy atom. The van der Waals surface area contributed by atoms with Crippen molar-refractivity contribution in [1.82, 2.24) is 0 Å². The fourth-order valence-corrected chi connectivity index (χ4v) is 3.41. The minimum Gasteiger partial charge on any atom is -0.381 e. The molecule has 0 bridgehead atoms. The Hall–Kier alpha value is -0.860. The van der Waals surface area contributed by atoms with E-state index in [0.717, 1.165) is 26.1 Å². The van der Waals surface area contributed by atoms with Gasteiger partial charge in [-0.25, -0.2) is 0 Å². The Balaban J connectivity index is 1.87. The number of hydrogen-bond donors (Lipinski definition) is 0. The van der Waals surface area contributed by atoms with Crippen LogP contribution >= 0.6 is 0 Å². The summed E-state index contributed by atoms with van der Waals surface area (Å²) in [4.78, 5) is 0. The van der Waals surface area contributed by atoms with Crippen LogP contribution in [-0.4, -0.2) is 19.3 Å². The molecule has 1 aromatic carbocycles. The zero-order valence-electron chi connectivity index (χ0n) is 8.61. The molecule has 2 nitrogen and oxygen atoms in total. The van der Waals surface area contributed by atoms with Crippen LogP contribution in [0, 0.1) is 0 Å². The fraction of sp³-hybridized carbons (Fsp3) is 0.538. The molecular formula is C13H14O2. The molecule has 4 rings (SSSR count). The Bertz CT molecular complexity index is 407. The summed E-state index contributed by atoms with van der Waals surface area (Å²) in [7, 11) is 0. The van der Waals surface area contributed by atoms with Gasteiger partial charge in [-0.2, -0.15) is 0 Å². The standard InChI is InChI=1S/C13H14O2/c1-2-4-10-9(3-1)11-12(15-11)13(10)5-7-14-8-6-13/h1-4,11-12H,5-8H2. The number of ether oxygens (including phenoxy) is 2. The lowest BCUT2D eigenvalue weighted by molar-refractivity contribution is 0.0385. The first-order valence-electron chi connectivity index (χ1n) is 5.74. The van der Waals surface area contributed by atoms with Gasteiger partial charge in [-0.1, -0.05) is 24.3 Å². The van der Waals surface area contributed by atoms with Crippen molar-refractivity contribution >= 4 is 0 Å². The van der Waals surface area contributed by atoms with Crippen molar-refractivity contribution < 1.29 is 9.47 Å². The average molecular weight is 202 g/mol. The van der Waals surface area contributed by atoms with Gasteiger partial charge < -0.3 is 9.47 Å². The molecule has 78 valence electrons. The largest absolute Gasteiger partial charge is 0.381 e. The minimum atomic E-state index is 0.291. The SMILES string of the molecule is c1ccc2c(c1)C1OC1C21CCOCC1. The van der Waals surface area contributed by atoms with Gasteiger partial charge in [-0.05, 0) is 24.0 Å². The second kappa shape index (κ2) is 2.63. The normalized spacial score (nSPS) is 34.9. The molecule has 0 N–H and O–H groups in total. The Morgan fingerprint density at radius 3 is 2.80 bits per heavy atom. The molecule has 2 saturated heterocycles. The third-order valence-electron chi connectivity index (χ3n) is 4.22. The highest BCUT2D eigenvalue weighted by molar-refractivity contribution is 5.48. The van der Waals surface area contributed by atoms with Crippen LogP contribution in [0.25, 0.3) is 0 Å². The van der Waals surface area contributed by atoms with Gasteiger partial charge in [-0.3, -0.25) is 0 Å².